The van der Waals surface area contributed by atoms with Crippen LogP contribution in [0.5, 0.6) is 0 Å². The Balaban J connectivity index is 2.04. The van der Waals surface area contributed by atoms with Crippen molar-refractivity contribution in [2.75, 3.05) is 45.2 Å². The van der Waals surface area contributed by atoms with Crippen LogP contribution in [0.2, 0.25) is 6.04 Å². The number of rotatable bonds is 2. The lowest BCUT2D eigenvalue weighted by Gasteiger charge is -2.37. The van der Waals surface area contributed by atoms with Crippen LogP contribution < -0.4 is 0 Å². The van der Waals surface area contributed by atoms with Crippen LogP contribution in [0.25, 0.3) is 0 Å². The molecule has 3 aliphatic heterocycles. The molecule has 3 aliphatic rings. The molecule has 0 aromatic heterocycles. The van der Waals surface area contributed by atoms with Crippen LogP contribution in [0.15, 0.2) is 0 Å². The van der Waals surface area contributed by atoms with Gasteiger partial charge in [-0.25, -0.2) is 0 Å². The molecule has 4 nitrogen and oxygen atoms in total. The molecule has 2 bridgehead atoms. The van der Waals surface area contributed by atoms with Gasteiger partial charge in [0.1, 0.15) is 0 Å². The molecule has 0 aromatic rings. The third-order valence-corrected chi connectivity index (χ3v) is 6.05. The average Bonchev–Trinajstić information content (AvgIpc) is 2.06. The van der Waals surface area contributed by atoms with Gasteiger partial charge >= 0.3 is 8.80 Å². The highest BCUT2D eigenvalue weighted by Crippen LogP contribution is 2.20. The first-order chi connectivity index (χ1) is 6.85. The third kappa shape index (κ3) is 2.50. The van der Waals surface area contributed by atoms with E-state index < -0.39 is 8.80 Å². The van der Waals surface area contributed by atoms with Gasteiger partial charge in [-0.15, -0.1) is 0 Å². The number of thiol groups is 1. The number of fused-ring (bicyclic) bond motifs is 6. The normalized spacial score (nSPS) is 38.8. The van der Waals surface area contributed by atoms with Gasteiger partial charge in [-0.1, -0.05) is 0 Å². The Bertz CT molecular complexity index is 169. The van der Waals surface area contributed by atoms with E-state index in [1.54, 1.807) is 0 Å². The zero-order valence-corrected chi connectivity index (χ0v) is 10.2. The van der Waals surface area contributed by atoms with Crippen molar-refractivity contribution < 1.29 is 13.3 Å². The average molecular weight is 235 g/mol. The summed E-state index contributed by atoms with van der Waals surface area (Å²) in [4.78, 5) is 2.32. The van der Waals surface area contributed by atoms with Crippen molar-refractivity contribution in [3.05, 3.63) is 0 Å². The summed E-state index contributed by atoms with van der Waals surface area (Å²) in [5.41, 5.74) is 0. The lowest BCUT2D eigenvalue weighted by molar-refractivity contribution is -0.00729. The highest BCUT2D eigenvalue weighted by Gasteiger charge is 2.42. The molecular formula is C8H17NO3SSi. The molecule has 0 unspecified atom stereocenters. The van der Waals surface area contributed by atoms with Gasteiger partial charge in [-0.2, -0.15) is 12.6 Å². The summed E-state index contributed by atoms with van der Waals surface area (Å²) in [6, 6.07) is 0.829. The van der Waals surface area contributed by atoms with E-state index in [9.17, 15) is 0 Å². The van der Waals surface area contributed by atoms with Crippen LogP contribution in [0.1, 0.15) is 0 Å². The summed E-state index contributed by atoms with van der Waals surface area (Å²) in [6.07, 6.45) is 0. The molecule has 3 rings (SSSR count). The van der Waals surface area contributed by atoms with E-state index in [0.29, 0.717) is 0 Å². The molecule has 0 amide bonds. The van der Waals surface area contributed by atoms with E-state index in [0.717, 1.165) is 51.3 Å². The molecule has 82 valence electrons. The molecule has 3 fully saturated rings. The predicted octanol–water partition coefficient (Wildman–Crippen LogP) is 0.234. The van der Waals surface area contributed by atoms with E-state index in [-0.39, 0.29) is 0 Å². The SMILES string of the molecule is SCC[Si]12OCCN(CCO1)CCO2. The number of nitrogens with zero attached hydrogens (tertiary/aromatic N) is 1. The fourth-order valence-electron chi connectivity index (χ4n) is 1.80. The molecule has 6 heteroatoms. The maximum atomic E-state index is 5.79. The Morgan fingerprint density at radius 2 is 1.50 bits per heavy atom. The van der Waals surface area contributed by atoms with Crippen molar-refractivity contribution in [3.63, 3.8) is 0 Å². The van der Waals surface area contributed by atoms with E-state index in [1.165, 1.54) is 0 Å². The summed E-state index contributed by atoms with van der Waals surface area (Å²) in [7, 11) is -2.33. The molecule has 0 aromatic carbocycles. The minimum Gasteiger partial charge on any atom is -0.372 e. The molecule has 0 saturated carbocycles. The summed E-state index contributed by atoms with van der Waals surface area (Å²) in [5.74, 6) is 0.774. The molecule has 3 saturated heterocycles. The van der Waals surface area contributed by atoms with Gasteiger partial charge in [0.05, 0.1) is 19.8 Å². The fraction of sp³-hybridized carbons (Fsp3) is 1.00. The first-order valence-electron chi connectivity index (χ1n) is 5.10. The first-order valence-corrected chi connectivity index (χ1v) is 7.66. The minimum absolute atomic E-state index is 0.736. The monoisotopic (exact) mass is 235 g/mol. The van der Waals surface area contributed by atoms with Crippen molar-refractivity contribution in [3.8, 4) is 0 Å². The van der Waals surface area contributed by atoms with Crippen molar-refractivity contribution in [1.82, 2.24) is 4.90 Å². The highest BCUT2D eigenvalue weighted by molar-refractivity contribution is 7.80. The molecule has 14 heavy (non-hydrogen) atoms. The van der Waals surface area contributed by atoms with E-state index >= 15 is 0 Å². The molecule has 0 N–H and O–H groups in total. The second kappa shape index (κ2) is 4.96. The second-order valence-corrected chi connectivity index (χ2v) is 6.72. The Labute approximate surface area is 91.3 Å². The molecule has 0 atom stereocenters. The lowest BCUT2D eigenvalue weighted by Crippen LogP contribution is -2.55. The van der Waals surface area contributed by atoms with Gasteiger partial charge < -0.3 is 13.3 Å². The Hall–Kier alpha value is 0.407. The summed E-state index contributed by atoms with van der Waals surface area (Å²) >= 11 is 4.24. The number of hydrogen-bond acceptors (Lipinski definition) is 5. The molecule has 0 spiro atoms. The van der Waals surface area contributed by atoms with Crippen molar-refractivity contribution in [1.29, 1.82) is 0 Å². The van der Waals surface area contributed by atoms with E-state index in [2.05, 4.69) is 17.5 Å². The minimum atomic E-state index is -2.33. The van der Waals surface area contributed by atoms with Crippen LogP contribution in [0.4, 0.5) is 0 Å². The van der Waals surface area contributed by atoms with Crippen molar-refractivity contribution >= 4 is 21.4 Å². The fourth-order valence-corrected chi connectivity index (χ4v) is 4.79. The highest BCUT2D eigenvalue weighted by atomic mass is 32.1. The van der Waals surface area contributed by atoms with Crippen LogP contribution in [0.3, 0.4) is 0 Å². The van der Waals surface area contributed by atoms with Crippen LogP contribution in [-0.4, -0.2) is 58.9 Å². The largest absolute Gasteiger partial charge is 0.501 e. The van der Waals surface area contributed by atoms with E-state index in [4.69, 9.17) is 13.3 Å². The smallest absolute Gasteiger partial charge is 0.372 e. The lowest BCUT2D eigenvalue weighted by atomic mass is 10.4. The first kappa shape index (κ1) is 10.9. The Morgan fingerprint density at radius 1 is 1.00 bits per heavy atom. The van der Waals surface area contributed by atoms with Crippen molar-refractivity contribution in [2.24, 2.45) is 0 Å². The van der Waals surface area contributed by atoms with E-state index in [1.807, 2.05) is 0 Å². The quantitative estimate of drug-likeness (QED) is 0.548. The van der Waals surface area contributed by atoms with Crippen LogP contribution in [-0.2, 0) is 13.3 Å². The van der Waals surface area contributed by atoms with Gasteiger partial charge in [0.15, 0.2) is 0 Å². The van der Waals surface area contributed by atoms with Crippen LogP contribution >= 0.6 is 12.6 Å². The van der Waals surface area contributed by atoms with Crippen LogP contribution in [0, 0.1) is 0 Å². The maximum absolute atomic E-state index is 5.79. The molecular weight excluding hydrogens is 218 g/mol. The summed E-state index contributed by atoms with van der Waals surface area (Å²) < 4.78 is 17.4. The summed E-state index contributed by atoms with van der Waals surface area (Å²) in [5, 5.41) is 0. The predicted molar refractivity (Wildman–Crippen MR) is 58.7 cm³/mol. The third-order valence-electron chi connectivity index (χ3n) is 2.61. The van der Waals surface area contributed by atoms with Gasteiger partial charge in [0.2, 0.25) is 0 Å². The van der Waals surface area contributed by atoms with Gasteiger partial charge in [0, 0.05) is 25.7 Å². The Morgan fingerprint density at radius 3 is 1.93 bits per heavy atom. The van der Waals surface area contributed by atoms with Gasteiger partial charge in [-0.3, -0.25) is 4.90 Å². The topological polar surface area (TPSA) is 30.9 Å². The molecule has 0 radical (unpaired) electrons. The zero-order chi connectivity index (χ0) is 9.86. The number of hydrogen-bond donors (Lipinski definition) is 1. The molecule has 0 aliphatic carbocycles. The second-order valence-electron chi connectivity index (χ2n) is 3.54. The standard InChI is InChI=1S/C8H17NO3SSi/c13-7-8-14-10-4-1-9(2-5-11-14)3-6-12-14/h13H,1-8H2. The maximum Gasteiger partial charge on any atom is 0.501 e. The van der Waals surface area contributed by atoms with Crippen molar-refractivity contribution in [2.45, 2.75) is 6.04 Å². The molecule has 3 heterocycles. The Kier molecular flexibility index (Phi) is 3.86. The zero-order valence-electron chi connectivity index (χ0n) is 8.28. The summed E-state index contributed by atoms with van der Waals surface area (Å²) in [6.45, 7) is 5.23. The van der Waals surface area contributed by atoms with Gasteiger partial charge in [-0.05, 0) is 5.75 Å². The van der Waals surface area contributed by atoms with Gasteiger partial charge in [0.25, 0.3) is 0 Å².